The van der Waals surface area contributed by atoms with Gasteiger partial charge in [-0.1, -0.05) is 60.7 Å². The highest BCUT2D eigenvalue weighted by atomic mass is 19.1. The molecule has 1 unspecified atom stereocenters. The van der Waals surface area contributed by atoms with E-state index in [2.05, 4.69) is 52.0 Å². The molecular weight excluding hydrogens is 461 g/mol. The summed E-state index contributed by atoms with van der Waals surface area (Å²) < 4.78 is 15.9. The monoisotopic (exact) mass is 487 g/mol. The number of hydrogen-bond donors (Lipinski definition) is 2. The minimum absolute atomic E-state index is 0.0374. The number of nitrogens with zero attached hydrogens (tertiary/aromatic N) is 3. The summed E-state index contributed by atoms with van der Waals surface area (Å²) in [6.07, 6.45) is 1.87. The van der Waals surface area contributed by atoms with Crippen molar-refractivity contribution in [1.82, 2.24) is 19.7 Å². The van der Waals surface area contributed by atoms with Gasteiger partial charge in [0.1, 0.15) is 11.5 Å². The smallest absolute Gasteiger partial charge is 0.123 e. The molecule has 0 aliphatic heterocycles. The van der Waals surface area contributed by atoms with Crippen LogP contribution in [0, 0.1) is 5.82 Å². The Morgan fingerprint density at radius 1 is 0.865 bits per heavy atom. The summed E-state index contributed by atoms with van der Waals surface area (Å²) in [5.41, 5.74) is 14.7. The fraction of sp³-hybridized carbons (Fsp3) is 0.0968. The average molecular weight is 488 g/mol. The Kier molecular flexibility index (Phi) is 5.87. The first-order valence-corrected chi connectivity index (χ1v) is 12.3. The molecule has 2 heterocycles. The van der Waals surface area contributed by atoms with E-state index in [1.165, 1.54) is 17.7 Å². The molecule has 37 heavy (non-hydrogen) atoms. The molecule has 0 aliphatic carbocycles. The molecule has 2 aromatic heterocycles. The van der Waals surface area contributed by atoms with Crippen molar-refractivity contribution >= 4 is 10.9 Å². The van der Waals surface area contributed by atoms with Crippen molar-refractivity contribution in [3.8, 4) is 33.8 Å². The van der Waals surface area contributed by atoms with Crippen LogP contribution in [0.3, 0.4) is 0 Å². The number of rotatable bonds is 6. The Labute approximate surface area is 214 Å². The number of fused-ring (bicyclic) bond motifs is 1. The summed E-state index contributed by atoms with van der Waals surface area (Å²) in [6.45, 7) is 2.59. The van der Waals surface area contributed by atoms with E-state index in [0.717, 1.165) is 50.2 Å². The molecule has 182 valence electrons. The number of H-pyrrole nitrogens is 1. The van der Waals surface area contributed by atoms with Crippen molar-refractivity contribution < 1.29 is 4.39 Å². The fourth-order valence-corrected chi connectivity index (χ4v) is 4.95. The van der Waals surface area contributed by atoms with E-state index in [9.17, 15) is 4.39 Å². The highest BCUT2D eigenvalue weighted by molar-refractivity contribution is 5.97. The first kappa shape index (κ1) is 22.9. The summed E-state index contributed by atoms with van der Waals surface area (Å²) >= 11 is 0. The number of halogens is 1. The Balaban J connectivity index is 1.56. The van der Waals surface area contributed by atoms with Crippen LogP contribution in [0.4, 0.5) is 4.39 Å². The summed E-state index contributed by atoms with van der Waals surface area (Å²) in [7, 11) is 0. The van der Waals surface area contributed by atoms with Crippen LogP contribution >= 0.6 is 0 Å². The van der Waals surface area contributed by atoms with E-state index < -0.39 is 0 Å². The van der Waals surface area contributed by atoms with Crippen LogP contribution in [0.2, 0.25) is 0 Å². The van der Waals surface area contributed by atoms with Gasteiger partial charge in [0.2, 0.25) is 0 Å². The molecular formula is C31H26FN5. The van der Waals surface area contributed by atoms with Crippen molar-refractivity contribution in [2.45, 2.75) is 19.5 Å². The molecule has 0 saturated heterocycles. The van der Waals surface area contributed by atoms with Crippen LogP contribution in [-0.2, 0) is 6.54 Å². The number of aromatic amines is 1. The van der Waals surface area contributed by atoms with E-state index in [1.807, 2.05) is 48.8 Å². The lowest BCUT2D eigenvalue weighted by Crippen LogP contribution is -2.07. The Bertz CT molecular complexity index is 1680. The van der Waals surface area contributed by atoms with Crippen LogP contribution in [0.1, 0.15) is 24.1 Å². The molecule has 6 heteroatoms. The predicted molar refractivity (Wildman–Crippen MR) is 146 cm³/mol. The number of nitrogens with one attached hydrogen (secondary N) is 1. The van der Waals surface area contributed by atoms with E-state index in [1.54, 1.807) is 12.1 Å². The molecule has 6 aromatic rings. The van der Waals surface area contributed by atoms with Gasteiger partial charge < -0.3 is 10.3 Å². The molecule has 0 fully saturated rings. The molecule has 0 amide bonds. The molecule has 3 N–H and O–H groups in total. The van der Waals surface area contributed by atoms with Gasteiger partial charge in [-0.15, -0.1) is 0 Å². The third-order valence-electron chi connectivity index (χ3n) is 6.94. The normalized spacial score (nSPS) is 12.2. The topological polar surface area (TPSA) is 72.5 Å². The Hall–Kier alpha value is -4.55. The molecule has 0 spiro atoms. The van der Waals surface area contributed by atoms with Gasteiger partial charge in [0.15, 0.2) is 0 Å². The number of hydrogen-bond acceptors (Lipinski definition) is 3. The number of nitrogens with two attached hydrogens (primary N) is 1. The lowest BCUT2D eigenvalue weighted by atomic mass is 9.98. The minimum Gasteiger partial charge on any atom is -0.326 e. The average Bonchev–Trinajstić information content (AvgIpc) is 3.58. The van der Waals surface area contributed by atoms with E-state index >= 15 is 0 Å². The second kappa shape index (κ2) is 9.48. The highest BCUT2D eigenvalue weighted by Gasteiger charge is 2.21. The predicted octanol–water partition coefficient (Wildman–Crippen LogP) is 6.97. The van der Waals surface area contributed by atoms with Crippen molar-refractivity contribution in [1.29, 1.82) is 0 Å². The van der Waals surface area contributed by atoms with E-state index in [4.69, 9.17) is 10.7 Å². The van der Waals surface area contributed by atoms with Gasteiger partial charge >= 0.3 is 0 Å². The quantitative estimate of drug-likeness (QED) is 0.267. The minimum atomic E-state index is -0.273. The second-order valence-corrected chi connectivity index (χ2v) is 9.14. The third kappa shape index (κ3) is 4.11. The first-order valence-electron chi connectivity index (χ1n) is 12.3. The number of benzene rings is 4. The largest absolute Gasteiger partial charge is 0.326 e. The zero-order chi connectivity index (χ0) is 25.4. The lowest BCUT2D eigenvalue weighted by Gasteiger charge is -2.18. The second-order valence-electron chi connectivity index (χ2n) is 9.14. The molecule has 5 nitrogen and oxygen atoms in total. The molecule has 1 atom stereocenters. The van der Waals surface area contributed by atoms with Gasteiger partial charge in [0.25, 0.3) is 0 Å². The maximum atomic E-state index is 13.7. The maximum absolute atomic E-state index is 13.7. The molecule has 0 radical (unpaired) electrons. The first-order chi connectivity index (χ1) is 18.1. The maximum Gasteiger partial charge on any atom is 0.123 e. The van der Waals surface area contributed by atoms with Crippen molar-refractivity contribution in [2.75, 3.05) is 0 Å². The standard InChI is InChI=1S/C31H26FN5/c1-20(21-7-3-2-4-8-21)37-19-34-29(22-11-14-25(32)15-12-22)31(37)23-13-16-28-27(17-23)30(36-35-28)26-10-6-5-9-24(26)18-33/h2-17,19-20H,18,33H2,1H3,(H,35,36). The van der Waals surface area contributed by atoms with Crippen LogP contribution < -0.4 is 5.73 Å². The van der Waals surface area contributed by atoms with Crippen LogP contribution in [0.25, 0.3) is 44.7 Å². The van der Waals surface area contributed by atoms with Gasteiger partial charge in [0.05, 0.1) is 29.3 Å². The summed E-state index contributed by atoms with van der Waals surface area (Å²) in [4.78, 5) is 4.82. The van der Waals surface area contributed by atoms with Gasteiger partial charge in [-0.05, 0) is 54.4 Å². The van der Waals surface area contributed by atoms with Crippen molar-refractivity contribution in [3.05, 3.63) is 120 Å². The Morgan fingerprint density at radius 2 is 1.59 bits per heavy atom. The summed E-state index contributed by atoms with van der Waals surface area (Å²) in [5.74, 6) is -0.273. The SMILES string of the molecule is CC(c1ccccc1)n1cnc(-c2ccc(F)cc2)c1-c1ccc2[nH]nc(-c3ccccc3CN)c2c1. The van der Waals surface area contributed by atoms with E-state index in [-0.39, 0.29) is 11.9 Å². The van der Waals surface area contributed by atoms with Crippen LogP contribution in [-0.4, -0.2) is 19.7 Å². The number of imidazole rings is 1. The van der Waals surface area contributed by atoms with Gasteiger partial charge in [-0.2, -0.15) is 5.10 Å². The Morgan fingerprint density at radius 3 is 2.38 bits per heavy atom. The van der Waals surface area contributed by atoms with Gasteiger partial charge in [-0.25, -0.2) is 9.37 Å². The van der Waals surface area contributed by atoms with Crippen LogP contribution in [0.5, 0.6) is 0 Å². The molecule has 6 rings (SSSR count). The molecule has 4 aromatic carbocycles. The number of aromatic nitrogens is 4. The highest BCUT2D eigenvalue weighted by Crippen LogP contribution is 2.38. The van der Waals surface area contributed by atoms with Gasteiger partial charge in [0, 0.05) is 28.6 Å². The van der Waals surface area contributed by atoms with E-state index in [0.29, 0.717) is 6.54 Å². The zero-order valence-corrected chi connectivity index (χ0v) is 20.4. The van der Waals surface area contributed by atoms with Crippen molar-refractivity contribution in [3.63, 3.8) is 0 Å². The summed E-state index contributed by atoms with van der Waals surface area (Å²) in [5, 5.41) is 8.82. The molecule has 0 aliphatic rings. The molecule has 0 saturated carbocycles. The zero-order valence-electron chi connectivity index (χ0n) is 20.4. The van der Waals surface area contributed by atoms with Crippen molar-refractivity contribution in [2.24, 2.45) is 5.73 Å². The van der Waals surface area contributed by atoms with Gasteiger partial charge in [-0.3, -0.25) is 5.10 Å². The van der Waals surface area contributed by atoms with Crippen LogP contribution in [0.15, 0.2) is 103 Å². The molecule has 0 bridgehead atoms. The lowest BCUT2D eigenvalue weighted by molar-refractivity contribution is 0.628. The fourth-order valence-electron chi connectivity index (χ4n) is 4.95. The summed E-state index contributed by atoms with van der Waals surface area (Å²) in [6, 6.07) is 31.2. The third-order valence-corrected chi connectivity index (χ3v) is 6.94.